The Hall–Kier alpha value is -1.06. The van der Waals surface area contributed by atoms with Gasteiger partial charge >= 0.3 is 0 Å². The second-order valence-corrected chi connectivity index (χ2v) is 7.13. The van der Waals surface area contributed by atoms with Gasteiger partial charge in [0.25, 0.3) is 0 Å². The summed E-state index contributed by atoms with van der Waals surface area (Å²) in [7, 11) is 3.91. The van der Waals surface area contributed by atoms with Gasteiger partial charge in [0.1, 0.15) is 5.75 Å². The van der Waals surface area contributed by atoms with Crippen LogP contribution in [-0.2, 0) is 5.41 Å². The summed E-state index contributed by atoms with van der Waals surface area (Å²) in [6, 6.07) is 6.59. The molecule has 3 aliphatic rings. The van der Waals surface area contributed by atoms with E-state index in [9.17, 15) is 5.11 Å². The molecular formula is C18H25NO2. The van der Waals surface area contributed by atoms with Gasteiger partial charge in [-0.25, -0.2) is 0 Å². The van der Waals surface area contributed by atoms with Gasteiger partial charge in [-0.15, -0.1) is 0 Å². The van der Waals surface area contributed by atoms with Crippen molar-refractivity contribution >= 4 is 0 Å². The van der Waals surface area contributed by atoms with Gasteiger partial charge in [0.05, 0.1) is 13.2 Å². The number of nitrogens with zero attached hydrogens (tertiary/aromatic N) is 1. The molecule has 3 heteroatoms. The molecule has 1 aromatic carbocycles. The van der Waals surface area contributed by atoms with Gasteiger partial charge < -0.3 is 14.7 Å². The van der Waals surface area contributed by atoms with E-state index in [1.807, 2.05) is 6.07 Å². The van der Waals surface area contributed by atoms with E-state index >= 15 is 0 Å². The highest BCUT2D eigenvalue weighted by molar-refractivity contribution is 5.47. The maximum atomic E-state index is 11.0. The first-order valence-electron chi connectivity index (χ1n) is 8.24. The molecule has 114 valence electrons. The predicted octanol–water partition coefficient (Wildman–Crippen LogP) is 2.87. The van der Waals surface area contributed by atoms with E-state index in [-0.39, 0.29) is 11.5 Å². The van der Waals surface area contributed by atoms with Crippen LogP contribution in [0.15, 0.2) is 18.2 Å². The summed E-state index contributed by atoms with van der Waals surface area (Å²) in [6.45, 7) is 1.09. The number of hydrogen-bond acceptors (Lipinski definition) is 3. The molecule has 0 amide bonds. The highest BCUT2D eigenvalue weighted by Crippen LogP contribution is 2.58. The number of benzene rings is 1. The lowest BCUT2D eigenvalue weighted by Gasteiger charge is -2.59. The molecule has 1 aromatic rings. The van der Waals surface area contributed by atoms with Gasteiger partial charge in [0, 0.05) is 11.5 Å². The fourth-order valence-electron chi connectivity index (χ4n) is 5.37. The fraction of sp³-hybridized carbons (Fsp3) is 0.667. The van der Waals surface area contributed by atoms with Crippen LogP contribution in [0.1, 0.15) is 49.3 Å². The second kappa shape index (κ2) is 4.72. The highest BCUT2D eigenvalue weighted by atomic mass is 16.5. The number of rotatable bonds is 1. The minimum absolute atomic E-state index is 0.276. The van der Waals surface area contributed by atoms with Crippen molar-refractivity contribution in [2.45, 2.75) is 49.7 Å². The first-order chi connectivity index (χ1) is 10.2. The number of likely N-dealkylation sites (N-methyl/N-ethyl adjacent to an activating group) is 1. The number of aliphatic hydroxyl groups excluding tert-OH is 1. The Morgan fingerprint density at radius 2 is 2.14 bits per heavy atom. The van der Waals surface area contributed by atoms with Crippen molar-refractivity contribution in [3.05, 3.63) is 29.3 Å². The van der Waals surface area contributed by atoms with E-state index in [0.717, 1.165) is 17.9 Å². The van der Waals surface area contributed by atoms with Gasteiger partial charge in [-0.3, -0.25) is 0 Å². The summed E-state index contributed by atoms with van der Waals surface area (Å²) in [5.41, 5.74) is 2.80. The number of piperidine rings is 1. The fourth-order valence-corrected chi connectivity index (χ4v) is 5.37. The number of hydrogen-bond donors (Lipinski definition) is 1. The summed E-state index contributed by atoms with van der Waals surface area (Å²) >= 11 is 0. The normalized spacial score (nSPS) is 38.5. The predicted molar refractivity (Wildman–Crippen MR) is 82.6 cm³/mol. The Kier molecular flexibility index (Phi) is 3.05. The summed E-state index contributed by atoms with van der Waals surface area (Å²) in [6.07, 6.45) is 6.02. The van der Waals surface area contributed by atoms with Crippen LogP contribution < -0.4 is 4.74 Å². The Bertz CT molecular complexity index is 558. The van der Waals surface area contributed by atoms with Crippen LogP contribution in [0.2, 0.25) is 0 Å². The van der Waals surface area contributed by atoms with Crippen LogP contribution in [0.25, 0.3) is 0 Å². The number of aliphatic hydroxyl groups is 1. The SMILES string of the molecule is COc1ccc2c(c1)[C@@]13CCCC[C@@H]1[C@H](C2O)N(C)CC3. The first kappa shape index (κ1) is 13.6. The third kappa shape index (κ3) is 1.74. The maximum Gasteiger partial charge on any atom is 0.119 e. The van der Waals surface area contributed by atoms with E-state index in [4.69, 9.17) is 4.74 Å². The van der Waals surface area contributed by atoms with E-state index in [0.29, 0.717) is 12.0 Å². The second-order valence-electron chi connectivity index (χ2n) is 7.13. The van der Waals surface area contributed by atoms with Crippen LogP contribution in [0.3, 0.4) is 0 Å². The minimum atomic E-state index is -0.354. The number of likely N-dealkylation sites (tertiary alicyclic amines) is 1. The van der Waals surface area contributed by atoms with Crippen LogP contribution >= 0.6 is 0 Å². The van der Waals surface area contributed by atoms with Crippen LogP contribution in [0.5, 0.6) is 5.75 Å². The Labute approximate surface area is 126 Å². The molecule has 1 heterocycles. The van der Waals surface area contributed by atoms with Crippen molar-refractivity contribution in [3.63, 3.8) is 0 Å². The molecule has 1 N–H and O–H groups in total. The van der Waals surface area contributed by atoms with Crippen molar-refractivity contribution in [1.82, 2.24) is 4.90 Å². The molecular weight excluding hydrogens is 262 g/mol. The molecule has 1 saturated heterocycles. The number of ether oxygens (including phenoxy) is 1. The van der Waals surface area contributed by atoms with Gasteiger partial charge in [0.2, 0.25) is 0 Å². The average Bonchev–Trinajstić information content (AvgIpc) is 2.53. The van der Waals surface area contributed by atoms with E-state index in [2.05, 4.69) is 24.1 Å². The zero-order chi connectivity index (χ0) is 14.6. The Balaban J connectivity index is 1.92. The number of fused-ring (bicyclic) bond motifs is 1. The van der Waals surface area contributed by atoms with Gasteiger partial charge in [-0.2, -0.15) is 0 Å². The van der Waals surface area contributed by atoms with Crippen LogP contribution in [0.4, 0.5) is 0 Å². The smallest absolute Gasteiger partial charge is 0.119 e. The van der Waals surface area contributed by atoms with Crippen LogP contribution in [0, 0.1) is 5.92 Å². The maximum absolute atomic E-state index is 11.0. The molecule has 1 saturated carbocycles. The standard InChI is InChI=1S/C18H25NO2/c1-19-10-9-18-8-4-3-5-14(18)16(19)17(20)13-7-6-12(21-2)11-15(13)18/h6-7,11,14,16-17,20H,3-5,8-10H2,1-2H3/t14-,16-,17?,18-/m1/s1. The Morgan fingerprint density at radius 3 is 2.95 bits per heavy atom. The molecule has 2 bridgehead atoms. The van der Waals surface area contributed by atoms with Crippen molar-refractivity contribution in [2.75, 3.05) is 20.7 Å². The molecule has 4 rings (SSSR count). The van der Waals surface area contributed by atoms with Gasteiger partial charge in [0.15, 0.2) is 0 Å². The number of methoxy groups -OCH3 is 1. The zero-order valence-corrected chi connectivity index (χ0v) is 13.0. The molecule has 1 aliphatic heterocycles. The summed E-state index contributed by atoms with van der Waals surface area (Å²) in [5.74, 6) is 1.52. The zero-order valence-electron chi connectivity index (χ0n) is 13.0. The van der Waals surface area contributed by atoms with Crippen molar-refractivity contribution in [3.8, 4) is 5.75 Å². The van der Waals surface area contributed by atoms with E-state index < -0.39 is 0 Å². The lowest BCUT2D eigenvalue weighted by molar-refractivity contribution is -0.0680. The molecule has 1 unspecified atom stereocenters. The summed E-state index contributed by atoms with van der Waals surface area (Å²) in [4.78, 5) is 2.39. The summed E-state index contributed by atoms with van der Waals surface area (Å²) in [5, 5.41) is 11.0. The van der Waals surface area contributed by atoms with Crippen molar-refractivity contribution < 1.29 is 9.84 Å². The third-order valence-electron chi connectivity index (χ3n) is 6.37. The third-order valence-corrected chi connectivity index (χ3v) is 6.37. The minimum Gasteiger partial charge on any atom is -0.497 e. The highest BCUT2D eigenvalue weighted by Gasteiger charge is 2.56. The van der Waals surface area contributed by atoms with Crippen molar-refractivity contribution in [2.24, 2.45) is 5.92 Å². The lowest BCUT2D eigenvalue weighted by Crippen LogP contribution is -2.61. The summed E-state index contributed by atoms with van der Waals surface area (Å²) < 4.78 is 5.46. The molecule has 0 radical (unpaired) electrons. The monoisotopic (exact) mass is 287 g/mol. The molecule has 2 aliphatic carbocycles. The average molecular weight is 287 g/mol. The van der Waals surface area contributed by atoms with E-state index in [1.165, 1.54) is 37.7 Å². The topological polar surface area (TPSA) is 32.7 Å². The van der Waals surface area contributed by atoms with Crippen molar-refractivity contribution in [1.29, 1.82) is 0 Å². The Morgan fingerprint density at radius 1 is 1.29 bits per heavy atom. The quantitative estimate of drug-likeness (QED) is 0.862. The van der Waals surface area contributed by atoms with E-state index in [1.54, 1.807) is 7.11 Å². The van der Waals surface area contributed by atoms with Gasteiger partial charge in [-0.1, -0.05) is 18.9 Å². The largest absolute Gasteiger partial charge is 0.497 e. The molecule has 3 nitrogen and oxygen atoms in total. The lowest BCUT2D eigenvalue weighted by atomic mass is 9.52. The molecule has 0 aromatic heterocycles. The molecule has 4 atom stereocenters. The van der Waals surface area contributed by atoms with Crippen LogP contribution in [-0.4, -0.2) is 36.8 Å². The molecule has 2 fully saturated rings. The first-order valence-corrected chi connectivity index (χ1v) is 8.24. The molecule has 21 heavy (non-hydrogen) atoms. The van der Waals surface area contributed by atoms with Gasteiger partial charge in [-0.05, 0) is 62.0 Å². The molecule has 0 spiro atoms.